The molecule has 0 N–H and O–H groups in total. The summed E-state index contributed by atoms with van der Waals surface area (Å²) >= 11 is 0. The van der Waals surface area contributed by atoms with Crippen LogP contribution in [0.1, 0.15) is 78.6 Å². The summed E-state index contributed by atoms with van der Waals surface area (Å²) in [4.78, 5) is 23.9. The van der Waals surface area contributed by atoms with Gasteiger partial charge in [-0.25, -0.2) is 0 Å². The largest absolute Gasteiger partial charge is 0.299 e. The molecule has 1 aliphatic rings. The molecule has 1 fully saturated rings. The Morgan fingerprint density at radius 1 is 1.22 bits per heavy atom. The molecule has 1 saturated carbocycles. The van der Waals surface area contributed by atoms with Crippen molar-refractivity contribution in [1.29, 1.82) is 0 Å². The number of ketones is 2. The van der Waals surface area contributed by atoms with Crippen LogP contribution in [0, 0.1) is 11.3 Å². The molecule has 0 aromatic heterocycles. The van der Waals surface area contributed by atoms with Crippen LogP contribution in [0.4, 0.5) is 0 Å². The zero-order valence-electron chi connectivity index (χ0n) is 12.3. The van der Waals surface area contributed by atoms with Crippen LogP contribution in [0.2, 0.25) is 0 Å². The molecule has 0 aliphatic heterocycles. The SMILES string of the molecule is CCCCCCCC(=O)C1CC(C)(C)CCC1=O. The number of unbranched alkanes of at least 4 members (excludes halogenated alkanes) is 4. The van der Waals surface area contributed by atoms with Gasteiger partial charge in [-0.3, -0.25) is 9.59 Å². The summed E-state index contributed by atoms with van der Waals surface area (Å²) in [5, 5.41) is 0. The van der Waals surface area contributed by atoms with Gasteiger partial charge in [-0.05, 0) is 24.7 Å². The Balaban J connectivity index is 2.33. The van der Waals surface area contributed by atoms with E-state index in [2.05, 4.69) is 20.8 Å². The van der Waals surface area contributed by atoms with Crippen molar-refractivity contribution in [2.24, 2.45) is 11.3 Å². The van der Waals surface area contributed by atoms with E-state index in [0.717, 1.165) is 25.7 Å². The summed E-state index contributed by atoms with van der Waals surface area (Å²) in [6.45, 7) is 6.52. The zero-order chi connectivity index (χ0) is 13.6. The Morgan fingerprint density at radius 3 is 2.56 bits per heavy atom. The minimum Gasteiger partial charge on any atom is -0.299 e. The van der Waals surface area contributed by atoms with E-state index in [9.17, 15) is 9.59 Å². The number of hydrogen-bond acceptors (Lipinski definition) is 2. The van der Waals surface area contributed by atoms with Gasteiger partial charge < -0.3 is 0 Å². The Morgan fingerprint density at radius 2 is 1.89 bits per heavy atom. The van der Waals surface area contributed by atoms with Gasteiger partial charge in [0.1, 0.15) is 11.6 Å². The maximum absolute atomic E-state index is 12.1. The van der Waals surface area contributed by atoms with E-state index in [1.807, 2.05) is 0 Å². The zero-order valence-corrected chi connectivity index (χ0v) is 12.3. The van der Waals surface area contributed by atoms with Crippen molar-refractivity contribution in [3.63, 3.8) is 0 Å². The number of Topliss-reactive ketones (excluding diaryl/α,β-unsaturated/α-hetero) is 2. The van der Waals surface area contributed by atoms with Crippen molar-refractivity contribution in [3.8, 4) is 0 Å². The van der Waals surface area contributed by atoms with Gasteiger partial charge in [0, 0.05) is 12.8 Å². The fraction of sp³-hybridized carbons (Fsp3) is 0.875. The molecular formula is C16H28O2. The normalized spacial score (nSPS) is 23.1. The molecule has 2 heteroatoms. The van der Waals surface area contributed by atoms with Crippen LogP contribution in [0.5, 0.6) is 0 Å². The summed E-state index contributed by atoms with van der Waals surface area (Å²) in [6, 6.07) is 0. The second-order valence-corrected chi connectivity index (χ2v) is 6.52. The molecule has 1 aliphatic carbocycles. The second-order valence-electron chi connectivity index (χ2n) is 6.52. The third kappa shape index (κ3) is 4.91. The summed E-state index contributed by atoms with van der Waals surface area (Å²) in [6.07, 6.45) is 8.69. The monoisotopic (exact) mass is 252 g/mol. The number of carbonyl (C=O) groups excluding carboxylic acids is 2. The van der Waals surface area contributed by atoms with E-state index in [0.29, 0.717) is 12.8 Å². The highest BCUT2D eigenvalue weighted by Crippen LogP contribution is 2.37. The van der Waals surface area contributed by atoms with Crippen LogP contribution >= 0.6 is 0 Å². The quantitative estimate of drug-likeness (QED) is 0.500. The molecule has 18 heavy (non-hydrogen) atoms. The summed E-state index contributed by atoms with van der Waals surface area (Å²) in [5.41, 5.74) is 0.163. The van der Waals surface area contributed by atoms with Gasteiger partial charge in [0.25, 0.3) is 0 Å². The highest BCUT2D eigenvalue weighted by atomic mass is 16.1. The molecule has 0 aromatic carbocycles. The standard InChI is InChI=1S/C16H28O2/c1-4-5-6-7-8-9-14(17)13-12-16(2,3)11-10-15(13)18/h13H,4-12H2,1-3H3. The lowest BCUT2D eigenvalue weighted by molar-refractivity contribution is -0.136. The highest BCUT2D eigenvalue weighted by molar-refractivity contribution is 6.02. The number of hydrogen-bond donors (Lipinski definition) is 0. The molecule has 0 bridgehead atoms. The Hall–Kier alpha value is -0.660. The van der Waals surface area contributed by atoms with Gasteiger partial charge in [0.05, 0.1) is 5.92 Å². The highest BCUT2D eigenvalue weighted by Gasteiger charge is 2.36. The Labute approximate surface area is 112 Å². The topological polar surface area (TPSA) is 34.1 Å². The van der Waals surface area contributed by atoms with Crippen molar-refractivity contribution >= 4 is 11.6 Å². The molecule has 0 aromatic rings. The van der Waals surface area contributed by atoms with Crippen molar-refractivity contribution < 1.29 is 9.59 Å². The summed E-state index contributed by atoms with van der Waals surface area (Å²) in [7, 11) is 0. The smallest absolute Gasteiger partial charge is 0.143 e. The molecule has 1 atom stereocenters. The molecular weight excluding hydrogens is 224 g/mol. The average molecular weight is 252 g/mol. The van der Waals surface area contributed by atoms with Crippen LogP contribution in [0.25, 0.3) is 0 Å². The minimum atomic E-state index is -0.292. The van der Waals surface area contributed by atoms with Crippen LogP contribution in [-0.4, -0.2) is 11.6 Å². The van der Waals surface area contributed by atoms with Gasteiger partial charge in [0.15, 0.2) is 0 Å². The van der Waals surface area contributed by atoms with E-state index < -0.39 is 0 Å². The molecule has 0 amide bonds. The van der Waals surface area contributed by atoms with E-state index in [-0.39, 0.29) is 22.9 Å². The fourth-order valence-electron chi connectivity index (χ4n) is 2.77. The predicted molar refractivity (Wildman–Crippen MR) is 74.5 cm³/mol. The molecule has 104 valence electrons. The van der Waals surface area contributed by atoms with Gasteiger partial charge in [-0.15, -0.1) is 0 Å². The van der Waals surface area contributed by atoms with Crippen molar-refractivity contribution in [1.82, 2.24) is 0 Å². The number of carbonyl (C=O) groups is 2. The molecule has 1 rings (SSSR count). The van der Waals surface area contributed by atoms with E-state index in [1.165, 1.54) is 19.3 Å². The lowest BCUT2D eigenvalue weighted by Crippen LogP contribution is -2.35. The lowest BCUT2D eigenvalue weighted by atomic mass is 9.70. The van der Waals surface area contributed by atoms with E-state index >= 15 is 0 Å². The van der Waals surface area contributed by atoms with Gasteiger partial charge in [0.2, 0.25) is 0 Å². The minimum absolute atomic E-state index is 0.163. The Bertz CT molecular complexity index is 291. The van der Waals surface area contributed by atoms with Crippen molar-refractivity contribution in [2.45, 2.75) is 78.6 Å². The van der Waals surface area contributed by atoms with Crippen molar-refractivity contribution in [3.05, 3.63) is 0 Å². The van der Waals surface area contributed by atoms with Crippen LogP contribution < -0.4 is 0 Å². The lowest BCUT2D eigenvalue weighted by Gasteiger charge is -2.33. The third-order valence-electron chi connectivity index (χ3n) is 4.11. The summed E-state index contributed by atoms with van der Waals surface area (Å²) in [5.74, 6) is 0.0945. The van der Waals surface area contributed by atoms with Crippen molar-refractivity contribution in [2.75, 3.05) is 0 Å². The van der Waals surface area contributed by atoms with Gasteiger partial charge in [-0.2, -0.15) is 0 Å². The first-order chi connectivity index (χ1) is 8.46. The fourth-order valence-corrected chi connectivity index (χ4v) is 2.77. The van der Waals surface area contributed by atoms with E-state index in [4.69, 9.17) is 0 Å². The van der Waals surface area contributed by atoms with Crippen LogP contribution in [0.15, 0.2) is 0 Å². The maximum Gasteiger partial charge on any atom is 0.143 e. The molecule has 1 unspecified atom stereocenters. The van der Waals surface area contributed by atoms with Gasteiger partial charge >= 0.3 is 0 Å². The van der Waals surface area contributed by atoms with Crippen LogP contribution in [0.3, 0.4) is 0 Å². The average Bonchev–Trinajstić information content (AvgIpc) is 2.32. The van der Waals surface area contributed by atoms with E-state index in [1.54, 1.807) is 0 Å². The first kappa shape index (κ1) is 15.4. The van der Waals surface area contributed by atoms with Crippen LogP contribution in [-0.2, 0) is 9.59 Å². The third-order valence-corrected chi connectivity index (χ3v) is 4.11. The van der Waals surface area contributed by atoms with Gasteiger partial charge in [-0.1, -0.05) is 46.5 Å². The second kappa shape index (κ2) is 7.06. The first-order valence-corrected chi connectivity index (χ1v) is 7.52. The molecule has 0 spiro atoms. The summed E-state index contributed by atoms with van der Waals surface area (Å²) < 4.78 is 0. The predicted octanol–water partition coefficient (Wildman–Crippen LogP) is 4.31. The number of rotatable bonds is 7. The maximum atomic E-state index is 12.1. The Kier molecular flexibility index (Phi) is 6.04. The first-order valence-electron chi connectivity index (χ1n) is 7.52. The molecule has 0 radical (unpaired) electrons. The molecule has 2 nitrogen and oxygen atoms in total. The molecule has 0 heterocycles. The molecule has 0 saturated heterocycles.